The van der Waals surface area contributed by atoms with Gasteiger partial charge in [0.1, 0.15) is 11.8 Å². The zero-order valence-electron chi connectivity index (χ0n) is 10.8. The Hall–Kier alpha value is -1.36. The summed E-state index contributed by atoms with van der Waals surface area (Å²) >= 11 is 0. The summed E-state index contributed by atoms with van der Waals surface area (Å²) in [6.07, 6.45) is 6.57. The molecule has 0 aromatic rings. The number of alkyl carbamates (subject to hydrolysis) is 1. The molecular weight excluding hydrogens is 247 g/mol. The Morgan fingerprint density at radius 1 is 1.53 bits per heavy atom. The van der Waals surface area contributed by atoms with Gasteiger partial charge in [-0.25, -0.2) is 9.18 Å². The monoisotopic (exact) mass is 266 g/mol. The SMILES string of the molecule is NC/C=C/CNC(=O)OC1C2CC3(F)CC=C2C1C3. The van der Waals surface area contributed by atoms with Crippen LogP contribution in [0.3, 0.4) is 0 Å². The molecule has 5 heteroatoms. The summed E-state index contributed by atoms with van der Waals surface area (Å²) < 4.78 is 19.6. The highest BCUT2D eigenvalue weighted by Crippen LogP contribution is 2.61. The molecule has 0 aromatic heterocycles. The molecule has 4 nitrogen and oxygen atoms in total. The summed E-state index contributed by atoms with van der Waals surface area (Å²) in [4.78, 5) is 11.6. The maximum Gasteiger partial charge on any atom is 0.407 e. The summed E-state index contributed by atoms with van der Waals surface area (Å²) in [7, 11) is 0. The van der Waals surface area contributed by atoms with Gasteiger partial charge >= 0.3 is 6.09 Å². The zero-order valence-corrected chi connectivity index (χ0v) is 10.8. The van der Waals surface area contributed by atoms with Crippen molar-refractivity contribution in [2.75, 3.05) is 13.1 Å². The second kappa shape index (κ2) is 4.63. The molecule has 3 N–H and O–H groups in total. The van der Waals surface area contributed by atoms with Crippen molar-refractivity contribution in [3.05, 3.63) is 23.8 Å². The van der Waals surface area contributed by atoms with Gasteiger partial charge in [0.05, 0.1) is 0 Å². The number of amides is 1. The van der Waals surface area contributed by atoms with Gasteiger partial charge in [-0.1, -0.05) is 23.8 Å². The van der Waals surface area contributed by atoms with Gasteiger partial charge in [0.25, 0.3) is 0 Å². The fourth-order valence-corrected chi connectivity index (χ4v) is 3.58. The van der Waals surface area contributed by atoms with Gasteiger partial charge in [0, 0.05) is 24.9 Å². The minimum absolute atomic E-state index is 0.114. The first kappa shape index (κ1) is 12.7. The lowest BCUT2D eigenvalue weighted by atomic mass is 9.51. The van der Waals surface area contributed by atoms with E-state index in [1.54, 1.807) is 12.2 Å². The fraction of sp³-hybridized carbons (Fsp3) is 0.643. The van der Waals surface area contributed by atoms with Crippen molar-refractivity contribution in [3.8, 4) is 0 Å². The fourth-order valence-electron chi connectivity index (χ4n) is 3.58. The van der Waals surface area contributed by atoms with Crippen LogP contribution in [0.5, 0.6) is 0 Å². The van der Waals surface area contributed by atoms with Crippen molar-refractivity contribution in [1.82, 2.24) is 5.32 Å². The molecule has 0 spiro atoms. The predicted octanol–water partition coefficient (Wildman–Crippen LogP) is 1.67. The third-order valence-corrected chi connectivity index (χ3v) is 4.43. The van der Waals surface area contributed by atoms with Crippen molar-refractivity contribution in [2.45, 2.75) is 31.0 Å². The van der Waals surface area contributed by atoms with Crippen LogP contribution in [0.4, 0.5) is 9.18 Å². The molecule has 3 saturated carbocycles. The maximum atomic E-state index is 14.2. The lowest BCUT2D eigenvalue weighted by Gasteiger charge is -2.58. The molecule has 4 bridgehead atoms. The molecule has 3 fully saturated rings. The number of ether oxygens (including phenoxy) is 1. The number of alkyl halides is 1. The van der Waals surface area contributed by atoms with Crippen molar-refractivity contribution in [2.24, 2.45) is 17.6 Å². The second-order valence-corrected chi connectivity index (χ2v) is 5.64. The number of halogens is 1. The molecule has 0 heterocycles. The summed E-state index contributed by atoms with van der Waals surface area (Å²) in [6.45, 7) is 0.865. The van der Waals surface area contributed by atoms with Gasteiger partial charge in [-0.3, -0.25) is 0 Å². The molecular formula is C14H19FN2O2. The second-order valence-electron chi connectivity index (χ2n) is 5.64. The summed E-state index contributed by atoms with van der Waals surface area (Å²) in [5.41, 5.74) is 5.55. The van der Waals surface area contributed by atoms with E-state index < -0.39 is 11.8 Å². The minimum Gasteiger partial charge on any atom is -0.445 e. The van der Waals surface area contributed by atoms with Gasteiger partial charge in [0.2, 0.25) is 0 Å². The summed E-state index contributed by atoms with van der Waals surface area (Å²) in [5, 5.41) is 2.64. The highest BCUT2D eigenvalue weighted by atomic mass is 19.1. The standard InChI is InChI=1S/C14H19FN2O2/c15-14-4-3-9-10(7-14)12(11(9)8-14)19-13(18)17-6-2-1-5-16/h1-3,10-12H,4-8,16H2,(H,17,18)/b2-1+. The van der Waals surface area contributed by atoms with Crippen LogP contribution in [0.15, 0.2) is 23.8 Å². The number of rotatable bonds is 4. The Morgan fingerprint density at radius 3 is 2.89 bits per heavy atom. The van der Waals surface area contributed by atoms with Crippen molar-refractivity contribution in [1.29, 1.82) is 0 Å². The van der Waals surface area contributed by atoms with E-state index in [1.165, 1.54) is 5.57 Å². The van der Waals surface area contributed by atoms with Crippen molar-refractivity contribution >= 4 is 6.09 Å². The lowest BCUT2D eigenvalue weighted by molar-refractivity contribution is -0.0998. The molecule has 1 amide bonds. The van der Waals surface area contributed by atoms with Gasteiger partial charge in [-0.05, 0) is 19.3 Å². The molecule has 19 heavy (non-hydrogen) atoms. The van der Waals surface area contributed by atoms with E-state index in [2.05, 4.69) is 5.32 Å². The highest BCUT2D eigenvalue weighted by Gasteiger charge is 2.61. The van der Waals surface area contributed by atoms with Crippen LogP contribution in [-0.4, -0.2) is 31.0 Å². The zero-order chi connectivity index (χ0) is 13.5. The molecule has 2 unspecified atom stereocenters. The van der Waals surface area contributed by atoms with E-state index in [9.17, 15) is 9.18 Å². The first-order valence-corrected chi connectivity index (χ1v) is 6.81. The van der Waals surface area contributed by atoms with E-state index in [1.807, 2.05) is 6.08 Å². The van der Waals surface area contributed by atoms with E-state index in [4.69, 9.17) is 10.5 Å². The molecule has 0 aromatic carbocycles. The van der Waals surface area contributed by atoms with E-state index in [-0.39, 0.29) is 17.9 Å². The number of nitrogens with one attached hydrogen (secondary N) is 1. The Bertz CT molecular complexity index is 431. The largest absolute Gasteiger partial charge is 0.445 e. The summed E-state index contributed by atoms with van der Waals surface area (Å²) in [6, 6.07) is 0. The molecule has 0 aliphatic heterocycles. The van der Waals surface area contributed by atoms with Crippen LogP contribution in [-0.2, 0) is 4.74 Å². The quantitative estimate of drug-likeness (QED) is 0.761. The van der Waals surface area contributed by atoms with Crippen LogP contribution in [0.1, 0.15) is 19.3 Å². The Kier molecular flexibility index (Phi) is 3.09. The number of nitrogens with two attached hydrogens (primary N) is 1. The molecule has 5 aliphatic rings. The van der Waals surface area contributed by atoms with E-state index in [0.717, 1.165) is 0 Å². The lowest BCUT2D eigenvalue weighted by Crippen LogP contribution is -2.60. The number of fused-ring (bicyclic) bond motifs is 1. The molecule has 5 aliphatic carbocycles. The number of hydrogen-bond donors (Lipinski definition) is 2. The normalized spacial score (nSPS) is 38.8. The number of carbonyl (C=O) groups excluding carboxylic acids is 1. The van der Waals surface area contributed by atoms with Crippen LogP contribution >= 0.6 is 0 Å². The smallest absolute Gasteiger partial charge is 0.407 e. The van der Waals surface area contributed by atoms with E-state index >= 15 is 0 Å². The summed E-state index contributed by atoms with van der Waals surface area (Å²) in [5.74, 6) is 0.227. The van der Waals surface area contributed by atoms with Gasteiger partial charge in [-0.2, -0.15) is 0 Å². The molecule has 0 saturated heterocycles. The van der Waals surface area contributed by atoms with Crippen LogP contribution in [0.25, 0.3) is 0 Å². The average molecular weight is 266 g/mol. The first-order valence-electron chi connectivity index (χ1n) is 6.81. The van der Waals surface area contributed by atoms with E-state index in [0.29, 0.717) is 32.4 Å². The van der Waals surface area contributed by atoms with Crippen LogP contribution in [0.2, 0.25) is 0 Å². The number of carbonyl (C=O) groups is 1. The molecule has 104 valence electrons. The number of hydrogen-bond acceptors (Lipinski definition) is 3. The Morgan fingerprint density at radius 2 is 2.26 bits per heavy atom. The van der Waals surface area contributed by atoms with Gasteiger partial charge < -0.3 is 15.8 Å². The third kappa shape index (κ3) is 2.16. The van der Waals surface area contributed by atoms with Gasteiger partial charge in [-0.15, -0.1) is 0 Å². The Labute approximate surface area is 111 Å². The Balaban J connectivity index is 1.51. The molecule has 5 rings (SSSR count). The van der Waals surface area contributed by atoms with Crippen LogP contribution < -0.4 is 11.1 Å². The maximum absolute atomic E-state index is 14.2. The molecule has 2 atom stereocenters. The van der Waals surface area contributed by atoms with Crippen LogP contribution in [0, 0.1) is 11.8 Å². The first-order chi connectivity index (χ1) is 9.13. The molecule has 0 radical (unpaired) electrons. The van der Waals surface area contributed by atoms with Crippen molar-refractivity contribution < 1.29 is 13.9 Å². The minimum atomic E-state index is -1.04. The predicted molar refractivity (Wildman–Crippen MR) is 69.2 cm³/mol. The number of allylic oxidation sites excluding steroid dienone is 1. The average Bonchev–Trinajstić information content (AvgIpc) is 2.40. The van der Waals surface area contributed by atoms with Crippen molar-refractivity contribution in [3.63, 3.8) is 0 Å². The highest BCUT2D eigenvalue weighted by molar-refractivity contribution is 5.68. The third-order valence-electron chi connectivity index (χ3n) is 4.43. The topological polar surface area (TPSA) is 64.3 Å². The van der Waals surface area contributed by atoms with Gasteiger partial charge in [0.15, 0.2) is 0 Å².